The number of thiophene rings is 1. The fraction of sp³-hybridized carbons (Fsp3) is 0. The van der Waals surface area contributed by atoms with Crippen LogP contribution in [0.4, 0.5) is 5.95 Å². The number of hydrogen-bond acceptors (Lipinski definition) is 3. The molecule has 0 aliphatic carbocycles. The Morgan fingerprint density at radius 2 is 2.19 bits per heavy atom. The van der Waals surface area contributed by atoms with Crippen molar-refractivity contribution < 1.29 is 0 Å². The van der Waals surface area contributed by atoms with Crippen molar-refractivity contribution >= 4 is 39.9 Å². The van der Waals surface area contributed by atoms with E-state index in [0.29, 0.717) is 11.0 Å². The van der Waals surface area contributed by atoms with E-state index in [1.807, 2.05) is 39.6 Å². The Balaban J connectivity index is 2.36. The summed E-state index contributed by atoms with van der Waals surface area (Å²) in [6.45, 7) is 0. The summed E-state index contributed by atoms with van der Waals surface area (Å²) < 4.78 is 1.92. The van der Waals surface area contributed by atoms with Crippen LogP contribution < -0.4 is 5.73 Å². The van der Waals surface area contributed by atoms with Gasteiger partial charge in [0.05, 0.1) is 16.7 Å². The third kappa shape index (κ3) is 1.38. The molecule has 0 radical (unpaired) electrons. The average molecular weight is 250 g/mol. The normalized spacial score (nSPS) is 11.1. The molecule has 0 aliphatic rings. The number of hydrogen-bond donors (Lipinski definition) is 1. The molecule has 0 aliphatic heterocycles. The van der Waals surface area contributed by atoms with Gasteiger partial charge in [0.2, 0.25) is 5.95 Å². The first-order valence-corrected chi connectivity index (χ1v) is 6.04. The summed E-state index contributed by atoms with van der Waals surface area (Å²) in [4.78, 5) is 4.29. The summed E-state index contributed by atoms with van der Waals surface area (Å²) in [6.07, 6.45) is 0. The first-order chi connectivity index (χ1) is 7.75. The molecule has 0 bridgehead atoms. The molecule has 0 unspecified atom stereocenters. The van der Waals surface area contributed by atoms with E-state index < -0.39 is 0 Å². The van der Waals surface area contributed by atoms with Crippen LogP contribution in [-0.2, 0) is 0 Å². The van der Waals surface area contributed by atoms with E-state index >= 15 is 0 Å². The second kappa shape index (κ2) is 3.50. The fourth-order valence-corrected chi connectivity index (χ4v) is 2.51. The van der Waals surface area contributed by atoms with Gasteiger partial charge in [0.15, 0.2) is 0 Å². The molecule has 3 rings (SSSR count). The van der Waals surface area contributed by atoms with Gasteiger partial charge < -0.3 is 5.73 Å². The molecule has 2 N–H and O–H groups in total. The molecular formula is C11H8ClN3S. The van der Waals surface area contributed by atoms with Gasteiger partial charge in [-0.1, -0.05) is 11.6 Å². The summed E-state index contributed by atoms with van der Waals surface area (Å²) >= 11 is 7.55. The first-order valence-electron chi connectivity index (χ1n) is 4.72. The van der Waals surface area contributed by atoms with Gasteiger partial charge in [-0.2, -0.15) is 11.3 Å². The van der Waals surface area contributed by atoms with Gasteiger partial charge in [-0.05, 0) is 29.6 Å². The van der Waals surface area contributed by atoms with Crippen LogP contribution in [0.3, 0.4) is 0 Å². The quantitative estimate of drug-likeness (QED) is 0.719. The summed E-state index contributed by atoms with van der Waals surface area (Å²) in [5.41, 5.74) is 8.73. The van der Waals surface area contributed by atoms with Gasteiger partial charge >= 0.3 is 0 Å². The molecule has 0 fully saturated rings. The maximum absolute atomic E-state index is 5.92. The van der Waals surface area contributed by atoms with E-state index in [9.17, 15) is 0 Å². The largest absolute Gasteiger partial charge is 0.369 e. The summed E-state index contributed by atoms with van der Waals surface area (Å²) in [5.74, 6) is 0.482. The minimum atomic E-state index is 0.482. The Kier molecular flexibility index (Phi) is 2.12. The Labute approximate surface area is 101 Å². The Hall–Kier alpha value is -1.52. The van der Waals surface area contributed by atoms with Gasteiger partial charge in [-0.25, -0.2) is 4.98 Å². The zero-order chi connectivity index (χ0) is 11.1. The SMILES string of the molecule is Nc1nc2cc(Cl)ccc2n1-c1ccsc1. The van der Waals surface area contributed by atoms with E-state index in [1.165, 1.54) is 0 Å². The highest BCUT2D eigenvalue weighted by Crippen LogP contribution is 2.26. The number of benzene rings is 1. The lowest BCUT2D eigenvalue weighted by Crippen LogP contribution is -1.98. The van der Waals surface area contributed by atoms with Crippen LogP contribution in [0.2, 0.25) is 5.02 Å². The van der Waals surface area contributed by atoms with Crippen LogP contribution in [-0.4, -0.2) is 9.55 Å². The van der Waals surface area contributed by atoms with Gasteiger partial charge in [0.1, 0.15) is 0 Å². The molecule has 0 saturated heterocycles. The number of aromatic nitrogens is 2. The van der Waals surface area contributed by atoms with Gasteiger partial charge in [-0.3, -0.25) is 4.57 Å². The molecule has 16 heavy (non-hydrogen) atoms. The second-order valence-electron chi connectivity index (χ2n) is 3.42. The first kappa shape index (κ1) is 9.69. The van der Waals surface area contributed by atoms with Crippen molar-refractivity contribution in [2.24, 2.45) is 0 Å². The van der Waals surface area contributed by atoms with E-state index in [-0.39, 0.29) is 0 Å². The Morgan fingerprint density at radius 1 is 1.31 bits per heavy atom. The standard InChI is InChI=1S/C11H8ClN3S/c12-7-1-2-10-9(5-7)14-11(13)15(10)8-3-4-16-6-8/h1-6H,(H2,13,14). The van der Waals surface area contributed by atoms with Crippen LogP contribution in [0, 0.1) is 0 Å². The van der Waals surface area contributed by atoms with Gasteiger partial charge in [0.25, 0.3) is 0 Å². The van der Waals surface area contributed by atoms with Crippen molar-refractivity contribution in [2.45, 2.75) is 0 Å². The highest BCUT2D eigenvalue weighted by atomic mass is 35.5. The van der Waals surface area contributed by atoms with Crippen molar-refractivity contribution in [3.05, 3.63) is 40.0 Å². The lowest BCUT2D eigenvalue weighted by molar-refractivity contribution is 1.12. The fourth-order valence-electron chi connectivity index (χ4n) is 1.73. The molecule has 3 aromatic rings. The summed E-state index contributed by atoms with van der Waals surface area (Å²) in [6, 6.07) is 7.60. The monoisotopic (exact) mass is 249 g/mol. The topological polar surface area (TPSA) is 43.8 Å². The third-order valence-corrected chi connectivity index (χ3v) is 3.31. The number of nitrogens with zero attached hydrogens (tertiary/aromatic N) is 2. The molecule has 0 saturated carbocycles. The van der Waals surface area contributed by atoms with Crippen molar-refractivity contribution in [1.82, 2.24) is 9.55 Å². The molecule has 0 spiro atoms. The van der Waals surface area contributed by atoms with Crippen molar-refractivity contribution in [1.29, 1.82) is 0 Å². The molecule has 5 heteroatoms. The molecule has 0 amide bonds. The lowest BCUT2D eigenvalue weighted by atomic mass is 10.3. The number of imidazole rings is 1. The second-order valence-corrected chi connectivity index (χ2v) is 4.64. The smallest absolute Gasteiger partial charge is 0.205 e. The molecule has 1 aromatic carbocycles. The molecule has 80 valence electrons. The maximum Gasteiger partial charge on any atom is 0.205 e. The van der Waals surface area contributed by atoms with E-state index in [2.05, 4.69) is 4.98 Å². The van der Waals surface area contributed by atoms with Crippen LogP contribution in [0.5, 0.6) is 0 Å². The minimum Gasteiger partial charge on any atom is -0.369 e. The van der Waals surface area contributed by atoms with Crippen molar-refractivity contribution in [2.75, 3.05) is 5.73 Å². The number of rotatable bonds is 1. The Bertz CT molecular complexity index is 643. The third-order valence-electron chi connectivity index (χ3n) is 2.41. The minimum absolute atomic E-state index is 0.482. The predicted molar refractivity (Wildman–Crippen MR) is 68.4 cm³/mol. The van der Waals surface area contributed by atoms with Gasteiger partial charge in [-0.15, -0.1) is 0 Å². The number of fused-ring (bicyclic) bond motifs is 1. The maximum atomic E-state index is 5.92. The number of nitrogen functional groups attached to an aromatic ring is 1. The molecule has 2 heterocycles. The van der Waals surface area contributed by atoms with Crippen LogP contribution >= 0.6 is 22.9 Å². The summed E-state index contributed by atoms with van der Waals surface area (Å²) in [7, 11) is 0. The lowest BCUT2D eigenvalue weighted by Gasteiger charge is -2.02. The van der Waals surface area contributed by atoms with E-state index in [0.717, 1.165) is 16.7 Å². The number of halogens is 1. The predicted octanol–water partition coefficient (Wildman–Crippen LogP) is 3.32. The highest BCUT2D eigenvalue weighted by Gasteiger charge is 2.10. The average Bonchev–Trinajstić information content (AvgIpc) is 2.83. The number of nitrogens with two attached hydrogens (primary N) is 1. The molecular weight excluding hydrogens is 242 g/mol. The van der Waals surface area contributed by atoms with E-state index in [4.69, 9.17) is 17.3 Å². The highest BCUT2D eigenvalue weighted by molar-refractivity contribution is 7.08. The zero-order valence-corrected chi connectivity index (χ0v) is 9.79. The van der Waals surface area contributed by atoms with Gasteiger partial charge in [0, 0.05) is 10.4 Å². The summed E-state index contributed by atoms with van der Waals surface area (Å²) in [5, 5.41) is 4.71. The van der Waals surface area contributed by atoms with Crippen LogP contribution in [0.25, 0.3) is 16.7 Å². The zero-order valence-electron chi connectivity index (χ0n) is 8.22. The van der Waals surface area contributed by atoms with Crippen LogP contribution in [0.15, 0.2) is 35.0 Å². The van der Waals surface area contributed by atoms with E-state index in [1.54, 1.807) is 11.3 Å². The van der Waals surface area contributed by atoms with Crippen molar-refractivity contribution in [3.8, 4) is 5.69 Å². The molecule has 3 nitrogen and oxygen atoms in total. The molecule has 2 aromatic heterocycles. The Morgan fingerprint density at radius 3 is 2.94 bits per heavy atom. The van der Waals surface area contributed by atoms with Crippen molar-refractivity contribution in [3.63, 3.8) is 0 Å². The van der Waals surface area contributed by atoms with Crippen LogP contribution in [0.1, 0.15) is 0 Å². The molecule has 0 atom stereocenters. The number of anilines is 1.